The molecule has 0 radical (unpaired) electrons. The normalized spacial score (nSPS) is 18.8. The lowest BCUT2D eigenvalue weighted by atomic mass is 9.92. The molecule has 2 heterocycles. The average molecular weight is 269 g/mol. The summed E-state index contributed by atoms with van der Waals surface area (Å²) in [6.07, 6.45) is 9.51. The summed E-state index contributed by atoms with van der Waals surface area (Å²) in [6.45, 7) is 0.744. The molecule has 1 aliphatic heterocycles. The van der Waals surface area contributed by atoms with Gasteiger partial charge >= 0.3 is 0 Å². The standard InChI is InChI=1S/C16H16FN3/c17-13-7-2-8-14-15(13)19-16(11-4-3-9-18-10-11)20(14)12-5-1-6-12/h2-4,7-9,12,18H,1,5-6,10H2. The summed E-state index contributed by atoms with van der Waals surface area (Å²) >= 11 is 0. The zero-order valence-electron chi connectivity index (χ0n) is 11.1. The Kier molecular flexibility index (Phi) is 2.62. The predicted molar refractivity (Wildman–Crippen MR) is 77.7 cm³/mol. The van der Waals surface area contributed by atoms with Crippen molar-refractivity contribution in [1.29, 1.82) is 0 Å². The molecule has 0 spiro atoms. The van der Waals surface area contributed by atoms with Crippen molar-refractivity contribution in [1.82, 2.24) is 14.9 Å². The number of hydrogen-bond acceptors (Lipinski definition) is 2. The molecular formula is C16H16FN3. The van der Waals surface area contributed by atoms with Gasteiger partial charge in [0.2, 0.25) is 0 Å². The Labute approximate surface area is 116 Å². The van der Waals surface area contributed by atoms with Crippen LogP contribution in [0.25, 0.3) is 16.6 Å². The second kappa shape index (κ2) is 4.47. The van der Waals surface area contributed by atoms with E-state index in [4.69, 9.17) is 0 Å². The lowest BCUT2D eigenvalue weighted by Gasteiger charge is -2.29. The van der Waals surface area contributed by atoms with Gasteiger partial charge in [0.25, 0.3) is 0 Å². The van der Waals surface area contributed by atoms with Crippen LogP contribution in [0, 0.1) is 5.82 Å². The van der Waals surface area contributed by atoms with Crippen LogP contribution in [-0.2, 0) is 0 Å². The van der Waals surface area contributed by atoms with Crippen molar-refractivity contribution in [3.8, 4) is 0 Å². The van der Waals surface area contributed by atoms with Gasteiger partial charge in [-0.1, -0.05) is 12.1 Å². The Bertz CT molecular complexity index is 723. The number of para-hydroxylation sites is 1. The number of allylic oxidation sites excluding steroid dienone is 2. The second-order valence-electron chi connectivity index (χ2n) is 5.43. The van der Waals surface area contributed by atoms with Gasteiger partial charge in [-0.15, -0.1) is 0 Å². The first-order valence-corrected chi connectivity index (χ1v) is 7.10. The number of aromatic nitrogens is 2. The number of rotatable bonds is 2. The molecule has 2 aromatic rings. The molecule has 1 fully saturated rings. The molecule has 20 heavy (non-hydrogen) atoms. The van der Waals surface area contributed by atoms with Gasteiger partial charge in [-0.2, -0.15) is 0 Å². The van der Waals surface area contributed by atoms with Crippen molar-refractivity contribution in [2.24, 2.45) is 0 Å². The average Bonchev–Trinajstić information content (AvgIpc) is 2.79. The maximum absolute atomic E-state index is 14.0. The molecule has 1 saturated carbocycles. The summed E-state index contributed by atoms with van der Waals surface area (Å²) < 4.78 is 16.2. The number of hydrogen-bond donors (Lipinski definition) is 1. The van der Waals surface area contributed by atoms with Crippen LogP contribution in [0.4, 0.5) is 4.39 Å². The smallest absolute Gasteiger partial charge is 0.151 e. The van der Waals surface area contributed by atoms with Crippen LogP contribution in [0.2, 0.25) is 0 Å². The first-order chi connectivity index (χ1) is 9.84. The van der Waals surface area contributed by atoms with Gasteiger partial charge in [0.1, 0.15) is 11.3 Å². The van der Waals surface area contributed by atoms with Crippen molar-refractivity contribution in [2.45, 2.75) is 25.3 Å². The van der Waals surface area contributed by atoms with Crippen LogP contribution in [-0.4, -0.2) is 16.1 Å². The molecule has 1 aliphatic carbocycles. The highest BCUT2D eigenvalue weighted by Crippen LogP contribution is 2.37. The van der Waals surface area contributed by atoms with Gasteiger partial charge in [0.15, 0.2) is 5.82 Å². The van der Waals surface area contributed by atoms with Crippen molar-refractivity contribution in [3.63, 3.8) is 0 Å². The van der Waals surface area contributed by atoms with Gasteiger partial charge in [0.05, 0.1) is 5.52 Å². The van der Waals surface area contributed by atoms with Crippen LogP contribution in [0.15, 0.2) is 36.6 Å². The number of nitrogens with zero attached hydrogens (tertiary/aromatic N) is 2. The summed E-state index contributed by atoms with van der Waals surface area (Å²) in [5.41, 5.74) is 2.53. The molecule has 2 aliphatic rings. The molecule has 0 saturated heterocycles. The number of halogens is 1. The highest BCUT2D eigenvalue weighted by Gasteiger charge is 2.26. The summed E-state index contributed by atoms with van der Waals surface area (Å²) in [4.78, 5) is 4.58. The fourth-order valence-electron chi connectivity index (χ4n) is 2.94. The zero-order chi connectivity index (χ0) is 13.5. The fourth-order valence-corrected chi connectivity index (χ4v) is 2.94. The molecule has 0 atom stereocenters. The number of imidazole rings is 1. The quantitative estimate of drug-likeness (QED) is 0.905. The molecule has 0 unspecified atom stereocenters. The SMILES string of the molecule is Fc1cccc2c1nc(C1=CC=CNC1)n2C1CCC1. The van der Waals surface area contributed by atoms with Crippen molar-refractivity contribution >= 4 is 16.6 Å². The number of fused-ring (bicyclic) bond motifs is 1. The van der Waals surface area contributed by atoms with Crippen LogP contribution in [0.5, 0.6) is 0 Å². The first kappa shape index (κ1) is 11.7. The highest BCUT2D eigenvalue weighted by atomic mass is 19.1. The molecule has 3 nitrogen and oxygen atoms in total. The molecule has 1 aromatic heterocycles. The van der Waals surface area contributed by atoms with Gasteiger partial charge in [-0.05, 0) is 43.7 Å². The molecular weight excluding hydrogens is 253 g/mol. The first-order valence-electron chi connectivity index (χ1n) is 7.10. The number of dihydropyridines is 1. The Hall–Kier alpha value is -2.10. The lowest BCUT2D eigenvalue weighted by molar-refractivity contribution is 0.318. The lowest BCUT2D eigenvalue weighted by Crippen LogP contribution is -2.21. The van der Waals surface area contributed by atoms with E-state index in [1.54, 1.807) is 6.07 Å². The Morgan fingerprint density at radius 1 is 1.30 bits per heavy atom. The summed E-state index contributed by atoms with van der Waals surface area (Å²) in [7, 11) is 0. The van der Waals surface area contributed by atoms with E-state index in [1.165, 1.54) is 12.5 Å². The Morgan fingerprint density at radius 2 is 2.20 bits per heavy atom. The van der Waals surface area contributed by atoms with Crippen LogP contribution < -0.4 is 5.32 Å². The molecule has 0 amide bonds. The van der Waals surface area contributed by atoms with Crippen molar-refractivity contribution in [3.05, 3.63) is 48.2 Å². The van der Waals surface area contributed by atoms with Gasteiger partial charge in [0, 0.05) is 18.2 Å². The van der Waals surface area contributed by atoms with E-state index in [9.17, 15) is 4.39 Å². The van der Waals surface area contributed by atoms with E-state index in [-0.39, 0.29) is 5.82 Å². The maximum Gasteiger partial charge on any atom is 0.151 e. The molecule has 102 valence electrons. The molecule has 0 bridgehead atoms. The third-order valence-corrected chi connectivity index (χ3v) is 4.20. The minimum atomic E-state index is -0.235. The highest BCUT2D eigenvalue weighted by molar-refractivity contribution is 5.81. The summed E-state index contributed by atoms with van der Waals surface area (Å²) in [5, 5.41) is 3.20. The van der Waals surface area contributed by atoms with Crippen molar-refractivity contribution < 1.29 is 4.39 Å². The molecule has 1 N–H and O–H groups in total. The molecule has 4 rings (SSSR count). The van der Waals surface area contributed by atoms with E-state index in [2.05, 4.69) is 20.9 Å². The van der Waals surface area contributed by atoms with Crippen LogP contribution >= 0.6 is 0 Å². The van der Waals surface area contributed by atoms with Crippen LogP contribution in [0.3, 0.4) is 0 Å². The number of nitrogens with one attached hydrogen (secondary N) is 1. The van der Waals surface area contributed by atoms with Gasteiger partial charge in [-0.3, -0.25) is 0 Å². The third-order valence-electron chi connectivity index (χ3n) is 4.20. The summed E-state index contributed by atoms with van der Waals surface area (Å²) in [6, 6.07) is 5.69. The fraction of sp³-hybridized carbons (Fsp3) is 0.312. The maximum atomic E-state index is 14.0. The van der Waals surface area contributed by atoms with E-state index in [0.717, 1.165) is 36.3 Å². The van der Waals surface area contributed by atoms with E-state index >= 15 is 0 Å². The number of benzene rings is 1. The molecule has 4 heteroatoms. The minimum absolute atomic E-state index is 0.235. The second-order valence-corrected chi connectivity index (χ2v) is 5.43. The monoisotopic (exact) mass is 269 g/mol. The summed E-state index contributed by atoms with van der Waals surface area (Å²) in [5.74, 6) is 0.674. The predicted octanol–water partition coefficient (Wildman–Crippen LogP) is 3.40. The minimum Gasteiger partial charge on any atom is -0.387 e. The Balaban J connectivity index is 1.96. The van der Waals surface area contributed by atoms with E-state index in [1.807, 2.05) is 18.3 Å². The van der Waals surface area contributed by atoms with E-state index in [0.29, 0.717) is 11.6 Å². The topological polar surface area (TPSA) is 29.9 Å². The largest absolute Gasteiger partial charge is 0.387 e. The zero-order valence-corrected chi connectivity index (χ0v) is 11.1. The third kappa shape index (κ3) is 1.68. The van der Waals surface area contributed by atoms with Gasteiger partial charge < -0.3 is 9.88 Å². The van der Waals surface area contributed by atoms with E-state index < -0.39 is 0 Å². The van der Waals surface area contributed by atoms with Crippen LogP contribution in [0.1, 0.15) is 31.1 Å². The Morgan fingerprint density at radius 3 is 2.90 bits per heavy atom. The van der Waals surface area contributed by atoms with Gasteiger partial charge in [-0.25, -0.2) is 9.37 Å². The molecule has 1 aromatic carbocycles. The van der Waals surface area contributed by atoms with Crippen molar-refractivity contribution in [2.75, 3.05) is 6.54 Å².